The molecule has 0 unspecified atom stereocenters. The number of nitrogens with one attached hydrogen (secondary N) is 2. The Morgan fingerprint density at radius 2 is 2.09 bits per heavy atom. The number of fused-ring (bicyclic) bond motifs is 1. The van der Waals surface area contributed by atoms with Gasteiger partial charge in [-0.25, -0.2) is 4.98 Å². The number of rotatable bonds is 4. The maximum absolute atomic E-state index is 5.41. The number of benzene rings is 1. The minimum Gasteiger partial charge on any atom is -0.379 e. The number of H-pyrrole nitrogens is 1. The summed E-state index contributed by atoms with van der Waals surface area (Å²) in [6.07, 6.45) is 5.64. The molecule has 22 heavy (non-hydrogen) atoms. The van der Waals surface area contributed by atoms with E-state index in [0.717, 1.165) is 42.3 Å². The average molecular weight is 295 g/mol. The van der Waals surface area contributed by atoms with E-state index in [1.807, 2.05) is 18.6 Å². The van der Waals surface area contributed by atoms with Crippen LogP contribution in [0.2, 0.25) is 0 Å². The molecule has 0 spiro atoms. The minimum absolute atomic E-state index is 0.611. The highest BCUT2D eigenvalue weighted by atomic mass is 16.5. The van der Waals surface area contributed by atoms with Gasteiger partial charge in [-0.15, -0.1) is 0 Å². The maximum atomic E-state index is 5.41. The van der Waals surface area contributed by atoms with Crippen LogP contribution < -0.4 is 5.32 Å². The molecule has 2 N–H and O–H groups in total. The van der Waals surface area contributed by atoms with Gasteiger partial charge in [0.25, 0.3) is 0 Å². The summed E-state index contributed by atoms with van der Waals surface area (Å²) >= 11 is 0. The molecule has 3 aromatic rings. The van der Waals surface area contributed by atoms with Gasteiger partial charge in [0.05, 0.1) is 31.2 Å². The summed E-state index contributed by atoms with van der Waals surface area (Å²) in [6.45, 7) is 3.01. The van der Waals surface area contributed by atoms with Gasteiger partial charge in [-0.1, -0.05) is 12.1 Å². The quantitative estimate of drug-likeness (QED) is 0.775. The van der Waals surface area contributed by atoms with Gasteiger partial charge in [0.2, 0.25) is 0 Å². The molecule has 2 aromatic heterocycles. The van der Waals surface area contributed by atoms with E-state index in [9.17, 15) is 0 Å². The van der Waals surface area contributed by atoms with E-state index in [1.165, 1.54) is 5.69 Å². The van der Waals surface area contributed by atoms with Crippen molar-refractivity contribution in [1.82, 2.24) is 19.7 Å². The van der Waals surface area contributed by atoms with Crippen molar-refractivity contribution in [3.8, 4) is 11.1 Å². The van der Waals surface area contributed by atoms with Gasteiger partial charge in [0.1, 0.15) is 12.4 Å². The zero-order valence-electron chi connectivity index (χ0n) is 12.1. The van der Waals surface area contributed by atoms with Gasteiger partial charge in [-0.3, -0.25) is 5.10 Å². The van der Waals surface area contributed by atoms with Gasteiger partial charge in [0, 0.05) is 24.0 Å². The number of aromatic amines is 1. The predicted octanol–water partition coefficient (Wildman–Crippen LogP) is 2.42. The van der Waals surface area contributed by atoms with E-state index in [0.29, 0.717) is 6.61 Å². The molecule has 1 aliphatic heterocycles. The van der Waals surface area contributed by atoms with Crippen molar-refractivity contribution >= 4 is 5.69 Å². The monoisotopic (exact) mass is 295 g/mol. The topological polar surface area (TPSA) is 67.8 Å². The van der Waals surface area contributed by atoms with Crippen LogP contribution in [-0.4, -0.2) is 26.4 Å². The molecule has 0 bridgehead atoms. The Bertz CT molecular complexity index is 745. The van der Waals surface area contributed by atoms with Crippen LogP contribution in [-0.2, 0) is 24.4 Å². The second kappa shape index (κ2) is 5.65. The van der Waals surface area contributed by atoms with Gasteiger partial charge in [-0.05, 0) is 17.7 Å². The van der Waals surface area contributed by atoms with Crippen molar-refractivity contribution in [2.24, 2.45) is 0 Å². The van der Waals surface area contributed by atoms with Crippen molar-refractivity contribution in [2.45, 2.75) is 19.7 Å². The van der Waals surface area contributed by atoms with E-state index >= 15 is 0 Å². The summed E-state index contributed by atoms with van der Waals surface area (Å²) in [4.78, 5) is 4.40. The van der Waals surface area contributed by atoms with Crippen LogP contribution in [0.4, 0.5) is 5.69 Å². The first-order valence-corrected chi connectivity index (χ1v) is 7.34. The highest BCUT2D eigenvalue weighted by Gasteiger charge is 2.13. The number of anilines is 1. The number of hydrogen-bond donors (Lipinski definition) is 2. The zero-order chi connectivity index (χ0) is 14.8. The van der Waals surface area contributed by atoms with Crippen LogP contribution in [0.1, 0.15) is 11.5 Å². The molecule has 0 aliphatic carbocycles. The molecule has 0 saturated heterocycles. The molecule has 0 saturated carbocycles. The third kappa shape index (κ3) is 2.48. The van der Waals surface area contributed by atoms with Gasteiger partial charge in [-0.2, -0.15) is 5.10 Å². The van der Waals surface area contributed by atoms with E-state index in [1.54, 1.807) is 0 Å². The maximum Gasteiger partial charge on any atom is 0.135 e. The van der Waals surface area contributed by atoms with Gasteiger partial charge in [0.15, 0.2) is 0 Å². The Morgan fingerprint density at radius 1 is 1.18 bits per heavy atom. The molecule has 6 nitrogen and oxygen atoms in total. The summed E-state index contributed by atoms with van der Waals surface area (Å²) in [7, 11) is 0. The first-order chi connectivity index (χ1) is 10.9. The highest BCUT2D eigenvalue weighted by Crippen LogP contribution is 2.20. The molecule has 0 amide bonds. The SMILES string of the molecule is c1cc(-c2cn[nH]c2)ccc1NCc1cnc2n1CCOC2. The molecular formula is C16H17N5O. The fourth-order valence-electron chi connectivity index (χ4n) is 2.68. The third-order valence-corrected chi connectivity index (χ3v) is 3.90. The molecule has 1 aromatic carbocycles. The van der Waals surface area contributed by atoms with Crippen molar-refractivity contribution in [3.63, 3.8) is 0 Å². The summed E-state index contributed by atoms with van der Waals surface area (Å²) in [5, 5.41) is 10.2. The van der Waals surface area contributed by atoms with Crippen LogP contribution in [0.15, 0.2) is 42.9 Å². The Hall–Kier alpha value is -2.60. The molecule has 1 aliphatic rings. The van der Waals surface area contributed by atoms with Crippen molar-refractivity contribution in [3.05, 3.63) is 54.4 Å². The summed E-state index contributed by atoms with van der Waals surface area (Å²) in [5.74, 6) is 1.01. The van der Waals surface area contributed by atoms with Gasteiger partial charge >= 0.3 is 0 Å². The Morgan fingerprint density at radius 3 is 2.91 bits per heavy atom. The van der Waals surface area contributed by atoms with Crippen LogP contribution in [0, 0.1) is 0 Å². The molecule has 0 atom stereocenters. The highest BCUT2D eigenvalue weighted by molar-refractivity contribution is 5.64. The average Bonchev–Trinajstić information content (AvgIpc) is 3.23. The molecule has 0 fully saturated rings. The Balaban J connectivity index is 1.44. The van der Waals surface area contributed by atoms with E-state index in [-0.39, 0.29) is 0 Å². The zero-order valence-corrected chi connectivity index (χ0v) is 12.1. The fourth-order valence-corrected chi connectivity index (χ4v) is 2.68. The fraction of sp³-hybridized carbons (Fsp3) is 0.250. The van der Waals surface area contributed by atoms with Crippen molar-refractivity contribution < 1.29 is 4.74 Å². The third-order valence-electron chi connectivity index (χ3n) is 3.90. The van der Waals surface area contributed by atoms with Crippen molar-refractivity contribution in [2.75, 3.05) is 11.9 Å². The number of imidazole rings is 1. The van der Waals surface area contributed by atoms with Crippen LogP contribution in [0.25, 0.3) is 11.1 Å². The Kier molecular flexibility index (Phi) is 3.36. The second-order valence-corrected chi connectivity index (χ2v) is 5.29. The molecule has 3 heterocycles. The molecule has 0 radical (unpaired) electrons. The summed E-state index contributed by atoms with van der Waals surface area (Å²) < 4.78 is 7.64. The lowest BCUT2D eigenvalue weighted by Gasteiger charge is -2.17. The summed E-state index contributed by atoms with van der Waals surface area (Å²) in [6, 6.07) is 8.34. The molecule has 112 valence electrons. The van der Waals surface area contributed by atoms with E-state index in [4.69, 9.17) is 4.74 Å². The number of ether oxygens (including phenoxy) is 1. The van der Waals surface area contributed by atoms with Crippen LogP contribution in [0.5, 0.6) is 0 Å². The smallest absolute Gasteiger partial charge is 0.135 e. The van der Waals surface area contributed by atoms with Crippen molar-refractivity contribution in [1.29, 1.82) is 0 Å². The first kappa shape index (κ1) is 13.1. The van der Waals surface area contributed by atoms with Gasteiger partial charge < -0.3 is 14.6 Å². The lowest BCUT2D eigenvalue weighted by atomic mass is 10.1. The number of nitrogens with zero attached hydrogens (tertiary/aromatic N) is 3. The molecular weight excluding hydrogens is 278 g/mol. The molecule has 4 rings (SSSR count). The Labute approximate surface area is 128 Å². The largest absolute Gasteiger partial charge is 0.379 e. The molecule has 6 heteroatoms. The first-order valence-electron chi connectivity index (χ1n) is 7.34. The lowest BCUT2D eigenvalue weighted by molar-refractivity contribution is 0.0807. The van der Waals surface area contributed by atoms with E-state index < -0.39 is 0 Å². The lowest BCUT2D eigenvalue weighted by Crippen LogP contribution is -2.19. The second-order valence-electron chi connectivity index (χ2n) is 5.29. The predicted molar refractivity (Wildman–Crippen MR) is 83.2 cm³/mol. The van der Waals surface area contributed by atoms with Crippen LogP contribution >= 0.6 is 0 Å². The summed E-state index contributed by atoms with van der Waals surface area (Å²) in [5.41, 5.74) is 4.53. The standard InChI is InChI=1S/C16H17N5O/c1-3-14(4-2-12(1)13-7-19-20-8-13)17-9-15-10-18-16-11-22-6-5-21(15)16/h1-4,7-8,10,17H,5-6,9,11H2,(H,19,20). The minimum atomic E-state index is 0.611. The normalized spacial score (nSPS) is 13.8. The van der Waals surface area contributed by atoms with E-state index in [2.05, 4.69) is 49.3 Å². The van der Waals surface area contributed by atoms with Crippen LogP contribution in [0.3, 0.4) is 0 Å². The number of aromatic nitrogens is 4. The number of hydrogen-bond acceptors (Lipinski definition) is 4.